The van der Waals surface area contributed by atoms with E-state index in [0.29, 0.717) is 0 Å². The Bertz CT molecular complexity index is 146. The molecule has 1 radical (unpaired) electrons. The van der Waals surface area contributed by atoms with E-state index in [1.807, 2.05) is 0 Å². The van der Waals surface area contributed by atoms with Gasteiger partial charge in [-0.25, -0.2) is 0 Å². The molecule has 0 aliphatic carbocycles. The van der Waals surface area contributed by atoms with Crippen LogP contribution in [-0.4, -0.2) is 56.7 Å². The number of rotatable bonds is 1. The van der Waals surface area contributed by atoms with Crippen molar-refractivity contribution in [1.82, 2.24) is 0 Å². The highest BCUT2D eigenvalue weighted by molar-refractivity contribution is 4.99. The lowest BCUT2D eigenvalue weighted by molar-refractivity contribution is -0.250. The Morgan fingerprint density at radius 1 is 1.25 bits per heavy atom. The molecule has 5 N–H and O–H groups in total. The second-order valence-corrected chi connectivity index (χ2v) is 2.57. The molecule has 6 nitrogen and oxygen atoms in total. The fourth-order valence-corrected chi connectivity index (χ4v) is 0.991. The number of hydrogen-bond donors (Lipinski definition) is 5. The zero-order chi connectivity index (χ0) is 9.30. The maximum Gasteiger partial charge on any atom is 0.190 e. The van der Waals surface area contributed by atoms with Gasteiger partial charge in [-0.2, -0.15) is 0 Å². The van der Waals surface area contributed by atoms with Crippen molar-refractivity contribution >= 4 is 0 Å². The molecule has 0 aromatic rings. The summed E-state index contributed by atoms with van der Waals surface area (Å²) < 4.78 is 4.54. The highest BCUT2D eigenvalue weighted by Crippen LogP contribution is 2.23. The molecule has 0 spiro atoms. The first kappa shape index (κ1) is 9.85. The van der Waals surface area contributed by atoms with Crippen LogP contribution in [0.5, 0.6) is 0 Å². The van der Waals surface area contributed by atoms with Gasteiger partial charge in [0.15, 0.2) is 12.4 Å². The van der Waals surface area contributed by atoms with Crippen LogP contribution in [0.1, 0.15) is 0 Å². The Morgan fingerprint density at radius 2 is 1.83 bits per heavy atom. The van der Waals surface area contributed by atoms with Crippen molar-refractivity contribution in [2.75, 3.05) is 6.61 Å². The molecule has 0 bridgehead atoms. The monoisotopic (exact) mass is 179 g/mol. The van der Waals surface area contributed by atoms with E-state index < -0.39 is 37.3 Å². The highest BCUT2D eigenvalue weighted by Gasteiger charge is 2.43. The summed E-state index contributed by atoms with van der Waals surface area (Å²) in [5.74, 6) is 0. The van der Waals surface area contributed by atoms with Crippen LogP contribution in [0.25, 0.3) is 0 Å². The molecule has 71 valence electrons. The first-order chi connectivity index (χ1) is 5.57. The maximum atomic E-state index is 9.10. The van der Waals surface area contributed by atoms with E-state index in [-0.39, 0.29) is 0 Å². The minimum Gasteiger partial charge on any atom is -0.394 e. The van der Waals surface area contributed by atoms with Crippen molar-refractivity contribution in [2.45, 2.75) is 24.6 Å². The van der Waals surface area contributed by atoms with Gasteiger partial charge in [0.1, 0.15) is 18.3 Å². The maximum absolute atomic E-state index is 9.10. The second-order valence-electron chi connectivity index (χ2n) is 2.57. The van der Waals surface area contributed by atoms with Crippen LogP contribution >= 0.6 is 0 Å². The van der Waals surface area contributed by atoms with Gasteiger partial charge in [0.25, 0.3) is 0 Å². The second kappa shape index (κ2) is 3.65. The molecular formula is C6H11O6. The summed E-state index contributed by atoms with van der Waals surface area (Å²) in [6.45, 7) is -0.539. The van der Waals surface area contributed by atoms with Crippen LogP contribution in [0.3, 0.4) is 0 Å². The van der Waals surface area contributed by atoms with Gasteiger partial charge in [-0.15, -0.1) is 0 Å². The predicted molar refractivity (Wildman–Crippen MR) is 35.2 cm³/mol. The molecule has 1 saturated heterocycles. The molecule has 0 saturated carbocycles. The molecule has 4 atom stereocenters. The van der Waals surface area contributed by atoms with Crippen molar-refractivity contribution in [3.8, 4) is 0 Å². The molecule has 1 heterocycles. The van der Waals surface area contributed by atoms with Crippen molar-refractivity contribution in [1.29, 1.82) is 0 Å². The average Bonchev–Trinajstić information content (AvgIpc) is 2.08. The Labute approximate surface area is 68.6 Å². The van der Waals surface area contributed by atoms with Gasteiger partial charge in [0.05, 0.1) is 6.61 Å². The molecule has 0 amide bonds. The Kier molecular flexibility index (Phi) is 2.99. The van der Waals surface area contributed by atoms with E-state index in [9.17, 15) is 0 Å². The molecule has 1 aliphatic rings. The average molecular weight is 179 g/mol. The Hall–Kier alpha value is -0.240. The van der Waals surface area contributed by atoms with Crippen LogP contribution < -0.4 is 0 Å². The predicted octanol–water partition coefficient (Wildman–Crippen LogP) is -2.68. The molecule has 0 unspecified atom stereocenters. The van der Waals surface area contributed by atoms with Crippen LogP contribution in [0.4, 0.5) is 0 Å². The number of aliphatic hydroxyl groups excluding tert-OH is 5. The van der Waals surface area contributed by atoms with E-state index in [1.54, 1.807) is 0 Å². The summed E-state index contributed by atoms with van der Waals surface area (Å²) >= 11 is 0. The molecule has 6 heteroatoms. The normalized spacial score (nSPS) is 44.8. The highest BCUT2D eigenvalue weighted by atomic mass is 16.6. The third kappa shape index (κ3) is 1.58. The van der Waals surface area contributed by atoms with E-state index in [0.717, 1.165) is 0 Å². The summed E-state index contributed by atoms with van der Waals surface area (Å²) in [6, 6.07) is 0. The van der Waals surface area contributed by atoms with Gasteiger partial charge >= 0.3 is 0 Å². The summed E-state index contributed by atoms with van der Waals surface area (Å²) in [6.07, 6.45) is -6.47. The lowest BCUT2D eigenvalue weighted by Crippen LogP contribution is -2.54. The van der Waals surface area contributed by atoms with E-state index in [4.69, 9.17) is 25.5 Å². The Morgan fingerprint density at radius 3 is 2.33 bits per heavy atom. The van der Waals surface area contributed by atoms with Gasteiger partial charge in [0.2, 0.25) is 0 Å². The lowest BCUT2D eigenvalue weighted by Gasteiger charge is -2.36. The quantitative estimate of drug-likeness (QED) is 0.300. The molecule has 12 heavy (non-hydrogen) atoms. The fraction of sp³-hybridized carbons (Fsp3) is 0.833. The van der Waals surface area contributed by atoms with Crippen molar-refractivity contribution in [3.05, 3.63) is 6.10 Å². The number of aliphatic hydroxyl groups is 5. The molecule has 1 aliphatic heterocycles. The van der Waals surface area contributed by atoms with Crippen molar-refractivity contribution < 1.29 is 30.3 Å². The third-order valence-corrected chi connectivity index (χ3v) is 1.74. The van der Waals surface area contributed by atoms with Gasteiger partial charge in [-0.3, -0.25) is 0 Å². The summed E-state index contributed by atoms with van der Waals surface area (Å²) in [5.41, 5.74) is 0. The van der Waals surface area contributed by atoms with Gasteiger partial charge < -0.3 is 30.3 Å². The number of ether oxygens (including phenoxy) is 1. The van der Waals surface area contributed by atoms with Crippen molar-refractivity contribution in [2.24, 2.45) is 0 Å². The standard InChI is InChI=1S/C6H11O6/c7-1-2-3(8)4(9)5(10)6(11)12-2/h2-4,6-11H,1H2/t2-,3-,4+,6+/m1/s1. The Balaban J connectivity index is 2.63. The first-order valence-corrected chi connectivity index (χ1v) is 3.44. The minimum atomic E-state index is -1.65. The van der Waals surface area contributed by atoms with Crippen molar-refractivity contribution in [3.63, 3.8) is 0 Å². The third-order valence-electron chi connectivity index (χ3n) is 1.74. The number of hydrogen-bond acceptors (Lipinski definition) is 6. The van der Waals surface area contributed by atoms with Crippen LogP contribution in [0.2, 0.25) is 0 Å². The molecule has 1 fully saturated rings. The molecule has 0 aromatic heterocycles. The zero-order valence-corrected chi connectivity index (χ0v) is 6.16. The van der Waals surface area contributed by atoms with E-state index in [1.165, 1.54) is 0 Å². The van der Waals surface area contributed by atoms with Crippen LogP contribution in [-0.2, 0) is 4.74 Å². The zero-order valence-electron chi connectivity index (χ0n) is 6.16. The van der Waals surface area contributed by atoms with Crippen LogP contribution in [0, 0.1) is 6.10 Å². The van der Waals surface area contributed by atoms with Gasteiger partial charge in [0, 0.05) is 0 Å². The largest absolute Gasteiger partial charge is 0.394 e. The molecular weight excluding hydrogens is 168 g/mol. The van der Waals surface area contributed by atoms with Gasteiger partial charge in [-0.1, -0.05) is 0 Å². The topological polar surface area (TPSA) is 110 Å². The smallest absolute Gasteiger partial charge is 0.190 e. The van der Waals surface area contributed by atoms with Gasteiger partial charge in [-0.05, 0) is 0 Å². The minimum absolute atomic E-state index is 0.539. The van der Waals surface area contributed by atoms with E-state index in [2.05, 4.69) is 4.74 Å². The summed E-state index contributed by atoms with van der Waals surface area (Å²) in [4.78, 5) is 0. The van der Waals surface area contributed by atoms with E-state index >= 15 is 0 Å². The first-order valence-electron chi connectivity index (χ1n) is 3.44. The molecule has 1 rings (SSSR count). The summed E-state index contributed by atoms with van der Waals surface area (Å²) in [7, 11) is 0. The summed E-state index contributed by atoms with van der Waals surface area (Å²) in [5, 5.41) is 44.5. The lowest BCUT2D eigenvalue weighted by atomic mass is 10.00. The molecule has 0 aromatic carbocycles. The van der Waals surface area contributed by atoms with Crippen LogP contribution in [0.15, 0.2) is 0 Å². The fourth-order valence-electron chi connectivity index (χ4n) is 0.991. The SMILES string of the molecule is OC[C@H]1O[C@H](O)[C](O)[C@@H](O)[C@@H]1O.